The first-order chi connectivity index (χ1) is 15.0. The Morgan fingerprint density at radius 2 is 1.88 bits per heavy atom. The minimum Gasteiger partial charge on any atom is -0.465 e. The number of aryl methyl sites for hydroxylation is 1. The molecule has 4 rings (SSSR count). The van der Waals surface area contributed by atoms with E-state index in [-0.39, 0.29) is 24.4 Å². The number of aromatic nitrogens is 2. The van der Waals surface area contributed by atoms with E-state index in [4.69, 9.17) is 4.74 Å². The van der Waals surface area contributed by atoms with Crippen LogP contribution in [0.4, 0.5) is 11.4 Å². The van der Waals surface area contributed by atoms with Gasteiger partial charge in [-0.2, -0.15) is 0 Å². The molecule has 1 aliphatic heterocycles. The van der Waals surface area contributed by atoms with Gasteiger partial charge in [0, 0.05) is 35.6 Å². The third kappa shape index (κ3) is 4.67. The number of methoxy groups -OCH3 is 1. The average molecular weight is 455 g/mol. The fourth-order valence-corrected chi connectivity index (χ4v) is 3.98. The summed E-state index contributed by atoms with van der Waals surface area (Å²) in [5, 5.41) is 4.15. The van der Waals surface area contributed by atoms with Crippen LogP contribution in [0.25, 0.3) is 11.0 Å². The van der Waals surface area contributed by atoms with Gasteiger partial charge in [0.05, 0.1) is 23.9 Å². The summed E-state index contributed by atoms with van der Waals surface area (Å²) in [5.41, 5.74) is 3.84. The molecule has 3 aromatic rings. The van der Waals surface area contributed by atoms with Crippen LogP contribution in [0.15, 0.2) is 42.6 Å². The number of pyridine rings is 2. The molecule has 1 N–H and O–H groups in total. The number of rotatable bonds is 4. The van der Waals surface area contributed by atoms with Crippen molar-refractivity contribution in [1.29, 1.82) is 0 Å². The number of ether oxygens (including phenoxy) is 1. The van der Waals surface area contributed by atoms with Gasteiger partial charge >= 0.3 is 5.97 Å². The standard InChI is InChI=1S/C24H26N4O3.ClH/c1-15-7-12-19-21(27-18-10-8-17(9-11-18)24(30)31-3)20(14-25-22(19)26-15)23(29)28-13-5-4-6-16(28)2;/h7-12,14,16H,4-6,13H2,1-3H3,(H,25,26,27);1H. The van der Waals surface area contributed by atoms with Crippen molar-refractivity contribution in [2.24, 2.45) is 0 Å². The number of likely N-dealkylation sites (tertiary alicyclic amines) is 1. The molecule has 7 nitrogen and oxygen atoms in total. The molecular formula is C24H27ClN4O3. The zero-order valence-electron chi connectivity index (χ0n) is 18.4. The lowest BCUT2D eigenvalue weighted by atomic mass is 10.0. The number of piperidine rings is 1. The van der Waals surface area contributed by atoms with Gasteiger partial charge in [0.1, 0.15) is 0 Å². The van der Waals surface area contributed by atoms with Gasteiger partial charge in [-0.05, 0) is 69.5 Å². The molecule has 32 heavy (non-hydrogen) atoms. The number of carbonyl (C=O) groups is 2. The number of amides is 1. The second kappa shape index (κ2) is 9.96. The van der Waals surface area contributed by atoms with Gasteiger partial charge < -0.3 is 15.0 Å². The molecule has 2 aromatic heterocycles. The molecule has 0 saturated carbocycles. The van der Waals surface area contributed by atoms with E-state index < -0.39 is 5.97 Å². The third-order valence-electron chi connectivity index (χ3n) is 5.74. The second-order valence-corrected chi connectivity index (χ2v) is 7.91. The number of benzene rings is 1. The van der Waals surface area contributed by atoms with Crippen LogP contribution in [-0.4, -0.2) is 46.4 Å². The van der Waals surface area contributed by atoms with Crippen molar-refractivity contribution in [2.45, 2.75) is 39.2 Å². The summed E-state index contributed by atoms with van der Waals surface area (Å²) in [4.78, 5) is 36.1. The molecule has 1 saturated heterocycles. The Balaban J connectivity index is 0.00000289. The summed E-state index contributed by atoms with van der Waals surface area (Å²) in [6.07, 6.45) is 4.77. The molecule has 1 unspecified atom stereocenters. The average Bonchev–Trinajstić information content (AvgIpc) is 2.79. The minimum atomic E-state index is -0.393. The number of esters is 1. The summed E-state index contributed by atoms with van der Waals surface area (Å²) in [5.74, 6) is -0.425. The Morgan fingerprint density at radius 1 is 1.12 bits per heavy atom. The Kier molecular flexibility index (Phi) is 7.30. The Morgan fingerprint density at radius 3 is 2.56 bits per heavy atom. The van der Waals surface area contributed by atoms with Crippen LogP contribution in [-0.2, 0) is 4.74 Å². The molecule has 8 heteroatoms. The highest BCUT2D eigenvalue weighted by molar-refractivity contribution is 6.07. The van der Waals surface area contributed by atoms with Crippen molar-refractivity contribution in [2.75, 3.05) is 19.0 Å². The number of nitrogens with zero attached hydrogens (tertiary/aromatic N) is 3. The maximum Gasteiger partial charge on any atom is 0.337 e. The van der Waals surface area contributed by atoms with E-state index >= 15 is 0 Å². The van der Waals surface area contributed by atoms with E-state index in [1.165, 1.54) is 7.11 Å². The second-order valence-electron chi connectivity index (χ2n) is 7.91. The summed E-state index contributed by atoms with van der Waals surface area (Å²) in [7, 11) is 1.35. The molecule has 168 valence electrons. The molecule has 0 bridgehead atoms. The highest BCUT2D eigenvalue weighted by Gasteiger charge is 2.27. The molecule has 3 heterocycles. The van der Waals surface area contributed by atoms with E-state index in [0.29, 0.717) is 22.5 Å². The lowest BCUT2D eigenvalue weighted by Gasteiger charge is -2.34. The van der Waals surface area contributed by atoms with Crippen LogP contribution in [0.5, 0.6) is 0 Å². The Bertz CT molecular complexity index is 1130. The van der Waals surface area contributed by atoms with Crippen molar-refractivity contribution in [3.8, 4) is 0 Å². The third-order valence-corrected chi connectivity index (χ3v) is 5.74. The van der Waals surface area contributed by atoms with Crippen molar-refractivity contribution >= 4 is 46.7 Å². The van der Waals surface area contributed by atoms with Crippen molar-refractivity contribution in [3.63, 3.8) is 0 Å². The van der Waals surface area contributed by atoms with Gasteiger partial charge in [-0.15, -0.1) is 12.4 Å². The summed E-state index contributed by atoms with van der Waals surface area (Å²) in [6, 6.07) is 11.0. The maximum atomic E-state index is 13.5. The Hall–Kier alpha value is -3.19. The molecule has 1 amide bonds. The fourth-order valence-electron chi connectivity index (χ4n) is 3.98. The zero-order valence-corrected chi connectivity index (χ0v) is 19.2. The summed E-state index contributed by atoms with van der Waals surface area (Å²) in [6.45, 7) is 4.75. The van der Waals surface area contributed by atoms with Crippen molar-refractivity contribution < 1.29 is 14.3 Å². The monoisotopic (exact) mass is 454 g/mol. The molecule has 1 atom stereocenters. The summed E-state index contributed by atoms with van der Waals surface area (Å²) < 4.78 is 4.76. The predicted molar refractivity (Wildman–Crippen MR) is 127 cm³/mol. The van der Waals surface area contributed by atoms with E-state index in [9.17, 15) is 9.59 Å². The van der Waals surface area contributed by atoms with Crippen LogP contribution in [0.3, 0.4) is 0 Å². The molecule has 1 fully saturated rings. The van der Waals surface area contributed by atoms with Gasteiger partial charge in [-0.3, -0.25) is 4.79 Å². The molecule has 1 aliphatic rings. The highest BCUT2D eigenvalue weighted by atomic mass is 35.5. The first-order valence-corrected chi connectivity index (χ1v) is 10.5. The number of anilines is 2. The van der Waals surface area contributed by atoms with Crippen molar-refractivity contribution in [1.82, 2.24) is 14.9 Å². The number of nitrogens with one attached hydrogen (secondary N) is 1. The number of hydrogen-bond acceptors (Lipinski definition) is 6. The smallest absolute Gasteiger partial charge is 0.337 e. The quantitative estimate of drug-likeness (QED) is 0.564. The van der Waals surface area contributed by atoms with E-state index in [0.717, 1.165) is 42.6 Å². The highest BCUT2D eigenvalue weighted by Crippen LogP contribution is 2.31. The van der Waals surface area contributed by atoms with Crippen molar-refractivity contribution in [3.05, 3.63) is 59.4 Å². The normalized spacial score (nSPS) is 15.7. The topological polar surface area (TPSA) is 84.4 Å². The van der Waals surface area contributed by atoms with Crippen LogP contribution in [0, 0.1) is 6.92 Å². The van der Waals surface area contributed by atoms with Crippen LogP contribution >= 0.6 is 12.4 Å². The SMILES string of the molecule is COC(=O)c1ccc(Nc2c(C(=O)N3CCCCC3C)cnc3nc(C)ccc23)cc1.Cl. The van der Waals surface area contributed by atoms with Crippen LogP contribution in [0.2, 0.25) is 0 Å². The Labute approximate surface area is 193 Å². The first-order valence-electron chi connectivity index (χ1n) is 10.5. The summed E-state index contributed by atoms with van der Waals surface area (Å²) >= 11 is 0. The molecular weight excluding hydrogens is 428 g/mol. The molecule has 0 aliphatic carbocycles. The molecule has 0 spiro atoms. The maximum absolute atomic E-state index is 13.5. The number of fused-ring (bicyclic) bond motifs is 1. The van der Waals surface area contributed by atoms with E-state index in [1.54, 1.807) is 30.5 Å². The van der Waals surface area contributed by atoms with Crippen LogP contribution in [0.1, 0.15) is 52.6 Å². The lowest BCUT2D eigenvalue weighted by molar-refractivity contribution is 0.0599. The molecule has 1 aromatic carbocycles. The van der Waals surface area contributed by atoms with Gasteiger partial charge in [-0.1, -0.05) is 0 Å². The number of halogens is 1. The predicted octanol–water partition coefficient (Wildman–Crippen LogP) is 4.90. The lowest BCUT2D eigenvalue weighted by Crippen LogP contribution is -2.42. The van der Waals surface area contributed by atoms with Gasteiger partial charge in [0.2, 0.25) is 0 Å². The van der Waals surface area contributed by atoms with E-state index in [2.05, 4.69) is 22.2 Å². The number of carbonyl (C=O) groups excluding carboxylic acids is 2. The largest absolute Gasteiger partial charge is 0.465 e. The van der Waals surface area contributed by atoms with E-state index in [1.807, 2.05) is 24.0 Å². The zero-order chi connectivity index (χ0) is 22.0. The fraction of sp³-hybridized carbons (Fsp3) is 0.333. The number of hydrogen-bond donors (Lipinski definition) is 1. The molecule has 0 radical (unpaired) electrons. The van der Waals surface area contributed by atoms with Gasteiger partial charge in [0.15, 0.2) is 5.65 Å². The first kappa shape index (κ1) is 23.5. The van der Waals surface area contributed by atoms with Gasteiger partial charge in [-0.25, -0.2) is 14.8 Å². The van der Waals surface area contributed by atoms with Crippen LogP contribution < -0.4 is 5.32 Å². The van der Waals surface area contributed by atoms with Gasteiger partial charge in [0.25, 0.3) is 5.91 Å². The minimum absolute atomic E-state index is 0.